The fourth-order valence-electron chi connectivity index (χ4n) is 2.74. The van der Waals surface area contributed by atoms with Gasteiger partial charge in [0.2, 0.25) is 0 Å². The topological polar surface area (TPSA) is 55.6 Å². The summed E-state index contributed by atoms with van der Waals surface area (Å²) in [6.07, 6.45) is 1.65. The van der Waals surface area contributed by atoms with Crippen LogP contribution >= 0.6 is 0 Å². The van der Waals surface area contributed by atoms with Crippen molar-refractivity contribution >= 4 is 12.1 Å². The summed E-state index contributed by atoms with van der Waals surface area (Å²) in [5, 5.41) is 4.01. The van der Waals surface area contributed by atoms with Gasteiger partial charge in [0.25, 0.3) is 5.91 Å². The van der Waals surface area contributed by atoms with E-state index < -0.39 is 0 Å². The molecular formula is C22H23N3O2. The van der Waals surface area contributed by atoms with Gasteiger partial charge in [-0.3, -0.25) is 4.79 Å². The molecule has 138 valence electrons. The highest BCUT2D eigenvalue weighted by molar-refractivity contribution is 5.84. The monoisotopic (exact) mass is 361 g/mol. The van der Waals surface area contributed by atoms with E-state index in [9.17, 15) is 4.79 Å². The number of nitrogens with zero attached hydrogens (tertiary/aromatic N) is 2. The Labute approximate surface area is 159 Å². The molecule has 0 unspecified atom stereocenters. The Balaban J connectivity index is 1.50. The Kier molecular flexibility index (Phi) is 5.71. The molecular weight excluding hydrogens is 338 g/mol. The maximum atomic E-state index is 11.9. The van der Waals surface area contributed by atoms with Gasteiger partial charge in [0.15, 0.2) is 6.61 Å². The summed E-state index contributed by atoms with van der Waals surface area (Å²) in [6, 6.07) is 19.8. The number of amides is 1. The SMILES string of the molecule is Cc1cc(/C=N/NC(=O)COc2ccc(-c3ccccc3)cc2)c(C)n1C. The molecule has 5 heteroatoms. The van der Waals surface area contributed by atoms with Crippen LogP contribution in [0.1, 0.15) is 17.0 Å². The third-order valence-corrected chi connectivity index (χ3v) is 4.54. The second-order valence-electron chi connectivity index (χ2n) is 6.36. The molecule has 0 atom stereocenters. The van der Waals surface area contributed by atoms with Crippen LogP contribution in [0.3, 0.4) is 0 Å². The average Bonchev–Trinajstić information content (AvgIpc) is 2.94. The number of hydrogen-bond acceptors (Lipinski definition) is 3. The van der Waals surface area contributed by atoms with Crippen LogP contribution in [-0.2, 0) is 11.8 Å². The molecule has 3 rings (SSSR count). The molecule has 0 fully saturated rings. The molecule has 2 aromatic carbocycles. The van der Waals surface area contributed by atoms with Gasteiger partial charge in [-0.05, 0) is 43.2 Å². The van der Waals surface area contributed by atoms with E-state index in [1.54, 1.807) is 6.21 Å². The van der Waals surface area contributed by atoms with E-state index in [4.69, 9.17) is 4.74 Å². The summed E-state index contributed by atoms with van der Waals surface area (Å²) in [7, 11) is 2.00. The molecule has 0 aliphatic rings. The predicted molar refractivity (Wildman–Crippen MR) is 108 cm³/mol. The highest BCUT2D eigenvalue weighted by Crippen LogP contribution is 2.21. The van der Waals surface area contributed by atoms with Gasteiger partial charge in [0, 0.05) is 24.0 Å². The number of nitrogens with one attached hydrogen (secondary N) is 1. The number of hydrogen-bond donors (Lipinski definition) is 1. The third-order valence-electron chi connectivity index (χ3n) is 4.54. The minimum Gasteiger partial charge on any atom is -0.484 e. The van der Waals surface area contributed by atoms with Crippen molar-refractivity contribution in [1.82, 2.24) is 9.99 Å². The van der Waals surface area contributed by atoms with E-state index in [1.807, 2.05) is 69.4 Å². The van der Waals surface area contributed by atoms with Gasteiger partial charge in [0.05, 0.1) is 6.21 Å². The van der Waals surface area contributed by atoms with Crippen molar-refractivity contribution in [2.75, 3.05) is 6.61 Å². The van der Waals surface area contributed by atoms with E-state index in [0.717, 1.165) is 28.1 Å². The van der Waals surface area contributed by atoms with Crippen LogP contribution in [0.2, 0.25) is 0 Å². The number of carbonyl (C=O) groups is 1. The molecule has 1 N–H and O–H groups in total. The molecule has 1 aromatic heterocycles. The van der Waals surface area contributed by atoms with Crippen molar-refractivity contribution < 1.29 is 9.53 Å². The molecule has 0 saturated carbocycles. The second-order valence-corrected chi connectivity index (χ2v) is 6.36. The molecule has 0 aliphatic heterocycles. The minimum absolute atomic E-state index is 0.0885. The lowest BCUT2D eigenvalue weighted by Crippen LogP contribution is -2.24. The Hall–Kier alpha value is -3.34. The van der Waals surface area contributed by atoms with Gasteiger partial charge >= 0.3 is 0 Å². The lowest BCUT2D eigenvalue weighted by molar-refractivity contribution is -0.123. The fourth-order valence-corrected chi connectivity index (χ4v) is 2.74. The zero-order valence-corrected chi connectivity index (χ0v) is 15.8. The summed E-state index contributed by atoms with van der Waals surface area (Å²) in [6.45, 7) is 3.95. The van der Waals surface area contributed by atoms with Crippen LogP contribution in [0.15, 0.2) is 65.8 Å². The number of ether oxygens (including phenoxy) is 1. The molecule has 0 spiro atoms. The largest absolute Gasteiger partial charge is 0.484 e. The number of aromatic nitrogens is 1. The van der Waals surface area contributed by atoms with Crippen molar-refractivity contribution in [2.45, 2.75) is 13.8 Å². The van der Waals surface area contributed by atoms with Gasteiger partial charge in [-0.25, -0.2) is 5.43 Å². The van der Waals surface area contributed by atoms with E-state index in [-0.39, 0.29) is 12.5 Å². The molecule has 1 heterocycles. The minimum atomic E-state index is -0.302. The van der Waals surface area contributed by atoms with Gasteiger partial charge < -0.3 is 9.30 Å². The normalized spacial score (nSPS) is 10.9. The van der Waals surface area contributed by atoms with Crippen LogP contribution in [0.25, 0.3) is 11.1 Å². The summed E-state index contributed by atoms with van der Waals surface area (Å²) in [5.74, 6) is 0.340. The van der Waals surface area contributed by atoms with Crippen molar-refractivity contribution in [3.8, 4) is 16.9 Å². The molecule has 3 aromatic rings. The fraction of sp³-hybridized carbons (Fsp3) is 0.182. The standard InChI is InChI=1S/C22H23N3O2/c1-16-13-20(17(2)25(16)3)14-23-24-22(26)15-27-21-11-9-19(10-12-21)18-7-5-4-6-8-18/h4-14H,15H2,1-3H3,(H,24,26)/b23-14+. The lowest BCUT2D eigenvalue weighted by Gasteiger charge is -2.06. The van der Waals surface area contributed by atoms with Crippen molar-refractivity contribution in [3.63, 3.8) is 0 Å². The van der Waals surface area contributed by atoms with Crippen LogP contribution in [0.5, 0.6) is 5.75 Å². The highest BCUT2D eigenvalue weighted by Gasteiger charge is 2.05. The number of benzene rings is 2. The van der Waals surface area contributed by atoms with Crippen molar-refractivity contribution in [2.24, 2.45) is 12.1 Å². The Morgan fingerprint density at radius 2 is 1.74 bits per heavy atom. The zero-order valence-electron chi connectivity index (χ0n) is 15.8. The Morgan fingerprint density at radius 3 is 2.37 bits per heavy atom. The molecule has 1 amide bonds. The van der Waals surface area contributed by atoms with Gasteiger partial charge in [-0.15, -0.1) is 0 Å². The van der Waals surface area contributed by atoms with Crippen molar-refractivity contribution in [1.29, 1.82) is 0 Å². The van der Waals surface area contributed by atoms with Gasteiger partial charge in [0.1, 0.15) is 5.75 Å². The summed E-state index contributed by atoms with van der Waals surface area (Å²) >= 11 is 0. The van der Waals surface area contributed by atoms with E-state index in [2.05, 4.69) is 27.2 Å². The smallest absolute Gasteiger partial charge is 0.277 e. The first-order chi connectivity index (χ1) is 13.0. The number of aryl methyl sites for hydroxylation is 1. The molecule has 0 radical (unpaired) electrons. The zero-order chi connectivity index (χ0) is 19.2. The number of rotatable bonds is 6. The molecule has 27 heavy (non-hydrogen) atoms. The second kappa shape index (κ2) is 8.36. The summed E-state index contributed by atoms with van der Waals surface area (Å²) < 4.78 is 7.59. The average molecular weight is 361 g/mol. The quantitative estimate of drug-likeness (QED) is 0.536. The van der Waals surface area contributed by atoms with Crippen LogP contribution in [0, 0.1) is 13.8 Å². The highest BCUT2D eigenvalue weighted by atomic mass is 16.5. The predicted octanol–water partition coefficient (Wildman–Crippen LogP) is 3.84. The summed E-state index contributed by atoms with van der Waals surface area (Å²) in [5.41, 5.74) is 7.95. The molecule has 0 saturated heterocycles. The van der Waals surface area contributed by atoms with Crippen LogP contribution in [0.4, 0.5) is 0 Å². The maximum Gasteiger partial charge on any atom is 0.277 e. The maximum absolute atomic E-state index is 11.9. The van der Waals surface area contributed by atoms with E-state index in [0.29, 0.717) is 5.75 Å². The Morgan fingerprint density at radius 1 is 1.07 bits per heavy atom. The summed E-state index contributed by atoms with van der Waals surface area (Å²) in [4.78, 5) is 11.9. The van der Waals surface area contributed by atoms with Crippen LogP contribution in [-0.4, -0.2) is 23.3 Å². The third kappa shape index (κ3) is 4.64. The van der Waals surface area contributed by atoms with Gasteiger partial charge in [-0.2, -0.15) is 5.10 Å². The van der Waals surface area contributed by atoms with Gasteiger partial charge in [-0.1, -0.05) is 42.5 Å². The first kappa shape index (κ1) is 18.5. The van der Waals surface area contributed by atoms with Crippen LogP contribution < -0.4 is 10.2 Å². The van der Waals surface area contributed by atoms with Crippen molar-refractivity contribution in [3.05, 3.63) is 77.6 Å². The van der Waals surface area contributed by atoms with E-state index >= 15 is 0 Å². The number of hydrazone groups is 1. The molecule has 0 bridgehead atoms. The Bertz CT molecular complexity index is 942. The van der Waals surface area contributed by atoms with E-state index in [1.165, 1.54) is 0 Å². The first-order valence-corrected chi connectivity index (χ1v) is 8.77. The number of carbonyl (C=O) groups excluding carboxylic acids is 1. The molecule has 0 aliphatic carbocycles. The lowest BCUT2D eigenvalue weighted by atomic mass is 10.1. The first-order valence-electron chi connectivity index (χ1n) is 8.77. The molecule has 5 nitrogen and oxygen atoms in total.